The van der Waals surface area contributed by atoms with Crippen LogP contribution in [0.1, 0.15) is 15.9 Å². The molecule has 2 aromatic rings. The van der Waals surface area contributed by atoms with Gasteiger partial charge in [0, 0.05) is 17.8 Å². The van der Waals surface area contributed by atoms with Gasteiger partial charge in [-0.2, -0.15) is 0 Å². The summed E-state index contributed by atoms with van der Waals surface area (Å²) in [6.45, 7) is 0.448. The average molecular weight is 274 g/mol. The maximum Gasteiger partial charge on any atom is 0.255 e. The zero-order chi connectivity index (χ0) is 14.5. The molecule has 20 heavy (non-hydrogen) atoms. The van der Waals surface area contributed by atoms with Crippen molar-refractivity contribution >= 4 is 11.6 Å². The molecule has 3 N–H and O–H groups in total. The molecule has 0 bridgehead atoms. The molecule has 0 aliphatic rings. The fourth-order valence-electron chi connectivity index (χ4n) is 1.73. The molecule has 5 heteroatoms. The van der Waals surface area contributed by atoms with Crippen molar-refractivity contribution in [2.75, 3.05) is 12.4 Å². The lowest BCUT2D eigenvalue weighted by atomic mass is 10.1. The maximum atomic E-state index is 13.3. The number of hydrogen-bond donors (Lipinski definition) is 2. The van der Waals surface area contributed by atoms with Crippen LogP contribution in [0.25, 0.3) is 0 Å². The lowest BCUT2D eigenvalue weighted by Crippen LogP contribution is -2.12. The summed E-state index contributed by atoms with van der Waals surface area (Å²) < 4.78 is 18.1. The van der Waals surface area contributed by atoms with E-state index in [-0.39, 0.29) is 11.7 Å². The number of hydrogen-bond acceptors (Lipinski definition) is 3. The van der Waals surface area contributed by atoms with Crippen molar-refractivity contribution < 1.29 is 13.9 Å². The van der Waals surface area contributed by atoms with Crippen molar-refractivity contribution in [2.45, 2.75) is 6.54 Å². The van der Waals surface area contributed by atoms with Crippen molar-refractivity contribution in [3.8, 4) is 5.75 Å². The van der Waals surface area contributed by atoms with Crippen LogP contribution < -0.4 is 15.8 Å². The molecule has 4 nitrogen and oxygen atoms in total. The van der Waals surface area contributed by atoms with E-state index in [2.05, 4.69) is 5.32 Å². The Morgan fingerprint density at radius 3 is 2.55 bits per heavy atom. The fourth-order valence-corrected chi connectivity index (χ4v) is 1.73. The van der Waals surface area contributed by atoms with Crippen LogP contribution in [-0.4, -0.2) is 13.0 Å². The molecule has 0 radical (unpaired) electrons. The maximum absolute atomic E-state index is 13.3. The van der Waals surface area contributed by atoms with Gasteiger partial charge in [-0.05, 0) is 35.9 Å². The fraction of sp³-hybridized carbons (Fsp3) is 0.133. The summed E-state index contributed by atoms with van der Waals surface area (Å²) in [4.78, 5) is 12.0. The second kappa shape index (κ2) is 6.16. The van der Waals surface area contributed by atoms with Gasteiger partial charge < -0.3 is 15.8 Å². The predicted molar refractivity (Wildman–Crippen MR) is 75.2 cm³/mol. The smallest absolute Gasteiger partial charge is 0.255 e. The number of methoxy groups -OCH3 is 1. The van der Waals surface area contributed by atoms with E-state index in [1.165, 1.54) is 25.3 Å². The normalized spacial score (nSPS) is 10.2. The number of halogens is 1. The van der Waals surface area contributed by atoms with E-state index in [0.717, 1.165) is 5.56 Å². The molecule has 0 spiro atoms. The lowest BCUT2D eigenvalue weighted by Gasteiger charge is -2.08. The Morgan fingerprint density at radius 2 is 1.95 bits per heavy atom. The van der Waals surface area contributed by atoms with Crippen LogP contribution in [0.5, 0.6) is 5.75 Å². The molecule has 0 saturated heterocycles. The van der Waals surface area contributed by atoms with Crippen molar-refractivity contribution in [1.29, 1.82) is 0 Å². The molecular weight excluding hydrogens is 259 g/mol. The zero-order valence-electron chi connectivity index (χ0n) is 11.0. The van der Waals surface area contributed by atoms with E-state index in [4.69, 9.17) is 10.5 Å². The van der Waals surface area contributed by atoms with Gasteiger partial charge in [0.25, 0.3) is 5.91 Å². The third-order valence-electron chi connectivity index (χ3n) is 2.86. The van der Waals surface area contributed by atoms with E-state index < -0.39 is 5.82 Å². The summed E-state index contributed by atoms with van der Waals surface area (Å²) >= 11 is 0. The molecule has 0 saturated carbocycles. The summed E-state index contributed by atoms with van der Waals surface area (Å²) in [6.07, 6.45) is 0. The van der Waals surface area contributed by atoms with Gasteiger partial charge in [0.2, 0.25) is 0 Å². The Morgan fingerprint density at radius 1 is 1.25 bits per heavy atom. The first-order valence-corrected chi connectivity index (χ1v) is 6.08. The Bertz CT molecular complexity index is 612. The Hall–Kier alpha value is -2.40. The zero-order valence-corrected chi connectivity index (χ0v) is 11.0. The first-order valence-electron chi connectivity index (χ1n) is 6.08. The largest absolute Gasteiger partial charge is 0.494 e. The van der Waals surface area contributed by atoms with Gasteiger partial charge in [-0.15, -0.1) is 0 Å². The van der Waals surface area contributed by atoms with Crippen LogP contribution in [0.3, 0.4) is 0 Å². The van der Waals surface area contributed by atoms with Crippen molar-refractivity contribution in [3.05, 3.63) is 59.4 Å². The van der Waals surface area contributed by atoms with Crippen molar-refractivity contribution in [1.82, 2.24) is 0 Å². The minimum atomic E-state index is -0.503. The van der Waals surface area contributed by atoms with Crippen LogP contribution in [0.4, 0.5) is 10.1 Å². The second-order valence-electron chi connectivity index (χ2n) is 4.20. The number of nitrogens with one attached hydrogen (secondary N) is 1. The second-order valence-corrected chi connectivity index (χ2v) is 4.20. The molecular formula is C15H15FN2O2. The standard InChI is InChI=1S/C15H15FN2O2/c1-20-14-8-11(4-7-13(14)16)15(19)18-12-5-2-10(9-17)3-6-12/h2-8H,9,17H2,1H3,(H,18,19). The molecule has 0 aliphatic heterocycles. The number of nitrogens with two attached hydrogens (primary N) is 1. The van der Waals surface area contributed by atoms with Gasteiger partial charge in [-0.25, -0.2) is 4.39 Å². The van der Waals surface area contributed by atoms with Crippen molar-refractivity contribution in [2.24, 2.45) is 5.73 Å². The number of amides is 1. The van der Waals surface area contributed by atoms with Gasteiger partial charge in [0.1, 0.15) is 0 Å². The highest BCUT2D eigenvalue weighted by molar-refractivity contribution is 6.04. The summed E-state index contributed by atoms with van der Waals surface area (Å²) in [6, 6.07) is 11.2. The van der Waals surface area contributed by atoms with Gasteiger partial charge >= 0.3 is 0 Å². The number of benzene rings is 2. The summed E-state index contributed by atoms with van der Waals surface area (Å²) in [5.41, 5.74) is 7.45. The predicted octanol–water partition coefficient (Wildman–Crippen LogP) is 2.55. The number of anilines is 1. The highest BCUT2D eigenvalue weighted by Crippen LogP contribution is 2.19. The number of carbonyl (C=O) groups excluding carboxylic acids is 1. The highest BCUT2D eigenvalue weighted by Gasteiger charge is 2.10. The van der Waals surface area contributed by atoms with Crippen LogP contribution in [0.2, 0.25) is 0 Å². The summed E-state index contributed by atoms with van der Waals surface area (Å²) in [5, 5.41) is 2.72. The molecule has 0 atom stereocenters. The van der Waals surface area contributed by atoms with E-state index in [1.54, 1.807) is 12.1 Å². The first-order chi connectivity index (χ1) is 9.63. The molecule has 0 heterocycles. The van der Waals surface area contributed by atoms with Crippen molar-refractivity contribution in [3.63, 3.8) is 0 Å². The Kier molecular flexibility index (Phi) is 4.32. The van der Waals surface area contributed by atoms with Crippen LogP contribution in [0, 0.1) is 5.82 Å². The molecule has 0 unspecified atom stereocenters. The minimum Gasteiger partial charge on any atom is -0.494 e. The molecule has 1 amide bonds. The SMILES string of the molecule is COc1cc(C(=O)Nc2ccc(CN)cc2)ccc1F. The van der Waals surface area contributed by atoms with E-state index in [1.807, 2.05) is 12.1 Å². The van der Waals surface area contributed by atoms with Gasteiger partial charge in [-0.3, -0.25) is 4.79 Å². The summed E-state index contributed by atoms with van der Waals surface area (Å²) in [7, 11) is 1.35. The topological polar surface area (TPSA) is 64.3 Å². The van der Waals surface area contributed by atoms with E-state index in [0.29, 0.717) is 17.8 Å². The molecule has 0 aliphatic carbocycles. The van der Waals surface area contributed by atoms with Crippen LogP contribution >= 0.6 is 0 Å². The van der Waals surface area contributed by atoms with Gasteiger partial charge in [0.05, 0.1) is 7.11 Å². The third kappa shape index (κ3) is 3.13. The van der Waals surface area contributed by atoms with Gasteiger partial charge in [0.15, 0.2) is 11.6 Å². The van der Waals surface area contributed by atoms with E-state index in [9.17, 15) is 9.18 Å². The third-order valence-corrected chi connectivity index (χ3v) is 2.86. The molecule has 2 aromatic carbocycles. The quantitative estimate of drug-likeness (QED) is 0.900. The highest BCUT2D eigenvalue weighted by atomic mass is 19.1. The molecule has 0 fully saturated rings. The molecule has 2 rings (SSSR count). The van der Waals surface area contributed by atoms with Gasteiger partial charge in [-0.1, -0.05) is 12.1 Å². The molecule has 104 valence electrons. The average Bonchev–Trinajstić information content (AvgIpc) is 2.48. The number of ether oxygens (including phenoxy) is 1. The number of carbonyl (C=O) groups is 1. The Labute approximate surface area is 116 Å². The number of rotatable bonds is 4. The minimum absolute atomic E-state index is 0.0381. The molecule has 0 aromatic heterocycles. The van der Waals surface area contributed by atoms with Crippen LogP contribution in [-0.2, 0) is 6.54 Å². The Balaban J connectivity index is 2.14. The monoisotopic (exact) mass is 274 g/mol. The van der Waals surface area contributed by atoms with Crippen LogP contribution in [0.15, 0.2) is 42.5 Å². The first kappa shape index (κ1) is 14.0. The lowest BCUT2D eigenvalue weighted by molar-refractivity contribution is 0.102. The summed E-state index contributed by atoms with van der Waals surface area (Å²) in [5.74, 6) is -0.795. The van der Waals surface area contributed by atoms with E-state index >= 15 is 0 Å².